The second kappa shape index (κ2) is 8.71. The number of halogens is 1. The number of benzene rings is 2. The molecule has 0 saturated heterocycles. The van der Waals surface area contributed by atoms with Crippen molar-refractivity contribution < 1.29 is 19.1 Å². The third-order valence-corrected chi connectivity index (χ3v) is 4.38. The van der Waals surface area contributed by atoms with E-state index in [2.05, 4.69) is 10.3 Å². The largest absolute Gasteiger partial charge is 0.497 e. The van der Waals surface area contributed by atoms with E-state index in [9.17, 15) is 9.59 Å². The minimum absolute atomic E-state index is 0.183. The number of carbonyl (C=O) groups excluding carboxylic acids is 2. The lowest BCUT2D eigenvalue weighted by molar-refractivity contribution is -0.129. The quantitative estimate of drug-likeness (QED) is 0.505. The van der Waals surface area contributed by atoms with Crippen LogP contribution in [0.15, 0.2) is 54.6 Å². The summed E-state index contributed by atoms with van der Waals surface area (Å²) in [6.07, 6.45) is -0.962. The van der Waals surface area contributed by atoms with Gasteiger partial charge in [-0.25, -0.2) is 9.78 Å². The van der Waals surface area contributed by atoms with Crippen LogP contribution >= 0.6 is 11.6 Å². The molecule has 2 aromatic carbocycles. The number of hydrogen-bond acceptors (Lipinski definition) is 5. The predicted octanol–water partition coefficient (Wildman–Crippen LogP) is 3.76. The highest BCUT2D eigenvalue weighted by Crippen LogP contribution is 2.22. The summed E-state index contributed by atoms with van der Waals surface area (Å²) in [7, 11) is 1.59. The van der Waals surface area contributed by atoms with Crippen molar-refractivity contribution in [2.75, 3.05) is 7.11 Å². The van der Waals surface area contributed by atoms with Crippen LogP contribution < -0.4 is 10.1 Å². The fourth-order valence-corrected chi connectivity index (χ4v) is 2.87. The molecule has 1 heterocycles. The van der Waals surface area contributed by atoms with Crippen LogP contribution in [0.2, 0.25) is 5.15 Å². The molecule has 1 aromatic heterocycles. The number of nitrogens with zero attached hydrogens (tertiary/aromatic N) is 1. The van der Waals surface area contributed by atoms with E-state index in [1.165, 1.54) is 13.0 Å². The zero-order valence-electron chi connectivity index (χ0n) is 15.4. The van der Waals surface area contributed by atoms with Crippen molar-refractivity contribution in [3.05, 3.63) is 70.9 Å². The Morgan fingerprint density at radius 1 is 1.14 bits per heavy atom. The Balaban J connectivity index is 1.64. The summed E-state index contributed by atoms with van der Waals surface area (Å²) in [4.78, 5) is 29.0. The van der Waals surface area contributed by atoms with Gasteiger partial charge in [-0.05, 0) is 36.8 Å². The fraction of sp³-hybridized carbons (Fsp3) is 0.190. The number of esters is 1. The SMILES string of the molecule is COc1ccc(CNC(=O)[C@H](C)OC(=O)c2cc(Cl)nc3ccccc23)cc1. The molecule has 0 radical (unpaired) electrons. The van der Waals surface area contributed by atoms with Gasteiger partial charge in [0.05, 0.1) is 18.2 Å². The van der Waals surface area contributed by atoms with E-state index in [4.69, 9.17) is 21.1 Å². The van der Waals surface area contributed by atoms with Gasteiger partial charge in [-0.15, -0.1) is 0 Å². The van der Waals surface area contributed by atoms with Crippen molar-refractivity contribution in [1.82, 2.24) is 10.3 Å². The highest BCUT2D eigenvalue weighted by atomic mass is 35.5. The maximum absolute atomic E-state index is 12.6. The summed E-state index contributed by atoms with van der Waals surface area (Å²) < 4.78 is 10.4. The Morgan fingerprint density at radius 3 is 2.57 bits per heavy atom. The molecule has 0 aliphatic rings. The van der Waals surface area contributed by atoms with Gasteiger partial charge in [-0.3, -0.25) is 4.79 Å². The lowest BCUT2D eigenvalue weighted by Crippen LogP contribution is -2.35. The van der Waals surface area contributed by atoms with Crippen LogP contribution in [-0.2, 0) is 16.1 Å². The minimum atomic E-state index is -0.962. The highest BCUT2D eigenvalue weighted by molar-refractivity contribution is 6.30. The van der Waals surface area contributed by atoms with E-state index in [1.807, 2.05) is 24.3 Å². The number of rotatable bonds is 6. The molecule has 0 saturated carbocycles. The topological polar surface area (TPSA) is 77.5 Å². The van der Waals surface area contributed by atoms with Gasteiger partial charge in [0.15, 0.2) is 6.10 Å². The Kier molecular flexibility index (Phi) is 6.11. The molecule has 1 amide bonds. The third kappa shape index (κ3) is 4.58. The van der Waals surface area contributed by atoms with Crippen molar-refractivity contribution in [3.63, 3.8) is 0 Å². The maximum atomic E-state index is 12.6. The number of fused-ring (bicyclic) bond motifs is 1. The average molecular weight is 399 g/mol. The number of carbonyl (C=O) groups is 2. The number of para-hydroxylation sites is 1. The molecule has 1 atom stereocenters. The van der Waals surface area contributed by atoms with Crippen molar-refractivity contribution >= 4 is 34.4 Å². The van der Waals surface area contributed by atoms with Crippen molar-refractivity contribution in [2.24, 2.45) is 0 Å². The molecule has 3 aromatic rings. The summed E-state index contributed by atoms with van der Waals surface area (Å²) >= 11 is 6.00. The van der Waals surface area contributed by atoms with Crippen LogP contribution in [0.3, 0.4) is 0 Å². The highest BCUT2D eigenvalue weighted by Gasteiger charge is 2.21. The number of hydrogen-bond donors (Lipinski definition) is 1. The number of methoxy groups -OCH3 is 1. The van der Waals surface area contributed by atoms with Gasteiger partial charge in [-0.2, -0.15) is 0 Å². The second-order valence-electron chi connectivity index (χ2n) is 6.12. The smallest absolute Gasteiger partial charge is 0.339 e. The van der Waals surface area contributed by atoms with Gasteiger partial charge in [0.25, 0.3) is 5.91 Å². The lowest BCUT2D eigenvalue weighted by Gasteiger charge is -2.14. The molecule has 0 unspecified atom stereocenters. The number of aromatic nitrogens is 1. The summed E-state index contributed by atoms with van der Waals surface area (Å²) in [5.74, 6) is -0.290. The number of amides is 1. The van der Waals surface area contributed by atoms with Crippen LogP contribution in [0, 0.1) is 0 Å². The lowest BCUT2D eigenvalue weighted by atomic mass is 10.1. The molecule has 1 N–H and O–H groups in total. The van der Waals surface area contributed by atoms with Crippen LogP contribution in [0.4, 0.5) is 0 Å². The number of pyridine rings is 1. The number of ether oxygens (including phenoxy) is 2. The minimum Gasteiger partial charge on any atom is -0.497 e. The first-order chi connectivity index (χ1) is 13.5. The van der Waals surface area contributed by atoms with E-state index < -0.39 is 18.0 Å². The van der Waals surface area contributed by atoms with Gasteiger partial charge in [0.2, 0.25) is 0 Å². The maximum Gasteiger partial charge on any atom is 0.339 e. The molecular weight excluding hydrogens is 380 g/mol. The molecule has 7 heteroatoms. The standard InChI is InChI=1S/C21H19ClN2O4/c1-13(20(25)23-12-14-7-9-15(27-2)10-8-14)28-21(26)17-11-19(22)24-18-6-4-3-5-16(17)18/h3-11,13H,12H2,1-2H3,(H,23,25)/t13-/m0/s1. The van der Waals surface area contributed by atoms with Gasteiger partial charge < -0.3 is 14.8 Å². The van der Waals surface area contributed by atoms with E-state index in [0.717, 1.165) is 11.3 Å². The first-order valence-corrected chi connectivity index (χ1v) is 9.02. The Labute approximate surface area is 167 Å². The van der Waals surface area contributed by atoms with Gasteiger partial charge in [0.1, 0.15) is 10.9 Å². The summed E-state index contributed by atoms with van der Waals surface area (Å²) in [6.45, 7) is 1.83. The molecular formula is C21H19ClN2O4. The first kappa shape index (κ1) is 19.6. The van der Waals surface area contributed by atoms with Gasteiger partial charge in [-0.1, -0.05) is 41.9 Å². The zero-order chi connectivity index (χ0) is 20.1. The molecule has 3 rings (SSSR count). The number of nitrogens with one attached hydrogen (secondary N) is 1. The summed E-state index contributed by atoms with van der Waals surface area (Å²) in [5.41, 5.74) is 1.75. The Bertz CT molecular complexity index is 1000. The van der Waals surface area contributed by atoms with E-state index >= 15 is 0 Å². The second-order valence-corrected chi connectivity index (χ2v) is 6.51. The van der Waals surface area contributed by atoms with Crippen LogP contribution in [0.5, 0.6) is 5.75 Å². The van der Waals surface area contributed by atoms with Crippen LogP contribution in [0.25, 0.3) is 10.9 Å². The van der Waals surface area contributed by atoms with Gasteiger partial charge in [0, 0.05) is 11.9 Å². The molecule has 28 heavy (non-hydrogen) atoms. The van der Waals surface area contributed by atoms with Crippen molar-refractivity contribution in [1.29, 1.82) is 0 Å². The van der Waals surface area contributed by atoms with E-state index in [-0.39, 0.29) is 10.7 Å². The molecule has 0 fully saturated rings. The first-order valence-electron chi connectivity index (χ1n) is 8.65. The molecule has 0 spiro atoms. The third-order valence-electron chi connectivity index (χ3n) is 4.18. The normalized spacial score (nSPS) is 11.7. The monoisotopic (exact) mass is 398 g/mol. The molecule has 0 aliphatic heterocycles. The zero-order valence-corrected chi connectivity index (χ0v) is 16.2. The van der Waals surface area contributed by atoms with Gasteiger partial charge >= 0.3 is 5.97 Å². The predicted molar refractivity (Wildman–Crippen MR) is 106 cm³/mol. The van der Waals surface area contributed by atoms with E-state index in [0.29, 0.717) is 17.4 Å². The molecule has 0 bridgehead atoms. The fourth-order valence-electron chi connectivity index (χ4n) is 2.67. The molecule has 6 nitrogen and oxygen atoms in total. The molecule has 144 valence electrons. The Morgan fingerprint density at radius 2 is 1.86 bits per heavy atom. The average Bonchev–Trinajstić information content (AvgIpc) is 2.71. The van der Waals surface area contributed by atoms with E-state index in [1.54, 1.807) is 31.4 Å². The Hall–Kier alpha value is -3.12. The summed E-state index contributed by atoms with van der Waals surface area (Å²) in [6, 6.07) is 15.9. The van der Waals surface area contributed by atoms with Crippen molar-refractivity contribution in [2.45, 2.75) is 19.6 Å². The summed E-state index contributed by atoms with van der Waals surface area (Å²) in [5, 5.41) is 3.54. The van der Waals surface area contributed by atoms with Crippen molar-refractivity contribution in [3.8, 4) is 5.75 Å². The van der Waals surface area contributed by atoms with Crippen LogP contribution in [-0.4, -0.2) is 30.1 Å². The van der Waals surface area contributed by atoms with Crippen LogP contribution in [0.1, 0.15) is 22.8 Å². The molecule has 0 aliphatic carbocycles.